The minimum Gasteiger partial charge on any atom is -0.453 e. The van der Waals surface area contributed by atoms with E-state index < -0.39 is 23.3 Å². The number of nitrogens with zero attached hydrogens (tertiary/aromatic N) is 5. The third-order valence-corrected chi connectivity index (χ3v) is 13.2. The van der Waals surface area contributed by atoms with E-state index in [4.69, 9.17) is 4.74 Å². The zero-order valence-electron chi connectivity index (χ0n) is 32.0. The van der Waals surface area contributed by atoms with Crippen LogP contribution in [0.2, 0.25) is 0 Å². The molecule has 55 heavy (non-hydrogen) atoms. The Hall–Kier alpha value is -4.08. The summed E-state index contributed by atoms with van der Waals surface area (Å²) in [6, 6.07) is 15.5. The van der Waals surface area contributed by atoms with Crippen molar-refractivity contribution in [2.75, 3.05) is 77.5 Å². The van der Waals surface area contributed by atoms with Crippen molar-refractivity contribution in [3.05, 3.63) is 77.6 Å². The van der Waals surface area contributed by atoms with E-state index in [9.17, 15) is 19.2 Å². The number of rotatable bonds is 12. The van der Waals surface area contributed by atoms with Gasteiger partial charge in [0.2, 0.25) is 5.91 Å². The fraction of sp³-hybridized carbons (Fsp3) is 0.605. The highest BCUT2D eigenvalue weighted by atomic mass is 19.3. The Morgan fingerprint density at radius 1 is 0.891 bits per heavy atom. The molecule has 4 heterocycles. The van der Waals surface area contributed by atoms with Crippen molar-refractivity contribution in [2.45, 2.75) is 68.7 Å². The van der Waals surface area contributed by atoms with Gasteiger partial charge in [0.15, 0.2) is 0 Å². The SMILES string of the molecule is COC(=O)N[C@H]1CCC[C@@H]1[C@](C#N)(c1cccc(F)c1)C1CCN(CC2CN(c3ccc(C(F)(F)C4CN(C(=O)/C=C/CN5CCCCC5)C4)cc3)C2)CC1. The summed E-state index contributed by atoms with van der Waals surface area (Å²) in [6.45, 7) is 7.18. The van der Waals surface area contributed by atoms with E-state index in [0.29, 0.717) is 11.5 Å². The molecule has 0 aromatic heterocycles. The second-order valence-corrected chi connectivity index (χ2v) is 16.5. The number of methoxy groups -OCH3 is 1. The topological polar surface area (TPSA) is 92.1 Å². The number of benzene rings is 2. The van der Waals surface area contributed by atoms with Gasteiger partial charge in [0, 0.05) is 74.5 Å². The number of amides is 2. The van der Waals surface area contributed by atoms with Crippen LogP contribution >= 0.6 is 0 Å². The molecule has 7 rings (SSSR count). The maximum atomic E-state index is 15.5. The highest BCUT2D eigenvalue weighted by molar-refractivity contribution is 5.88. The molecule has 0 spiro atoms. The van der Waals surface area contributed by atoms with Crippen LogP contribution in [0.3, 0.4) is 0 Å². The molecule has 12 heteroatoms. The van der Waals surface area contributed by atoms with Gasteiger partial charge in [-0.1, -0.05) is 43.2 Å². The van der Waals surface area contributed by atoms with Crippen LogP contribution in [0.25, 0.3) is 0 Å². The van der Waals surface area contributed by atoms with Gasteiger partial charge >= 0.3 is 6.09 Å². The molecule has 296 valence electrons. The van der Waals surface area contributed by atoms with E-state index in [0.717, 1.165) is 90.1 Å². The van der Waals surface area contributed by atoms with Gasteiger partial charge in [0.25, 0.3) is 5.92 Å². The van der Waals surface area contributed by atoms with Crippen molar-refractivity contribution in [2.24, 2.45) is 23.7 Å². The molecule has 5 fully saturated rings. The summed E-state index contributed by atoms with van der Waals surface area (Å²) in [7, 11) is 1.34. The molecule has 2 aromatic carbocycles. The number of likely N-dealkylation sites (tertiary alicyclic amines) is 3. The molecule has 4 aliphatic heterocycles. The molecule has 0 radical (unpaired) electrons. The van der Waals surface area contributed by atoms with Crippen LogP contribution in [0, 0.1) is 40.8 Å². The molecule has 1 N–H and O–H groups in total. The Morgan fingerprint density at radius 3 is 2.29 bits per heavy atom. The molecule has 2 amide bonds. The largest absolute Gasteiger partial charge is 0.453 e. The second-order valence-electron chi connectivity index (χ2n) is 16.5. The molecule has 5 aliphatic rings. The molecule has 0 bridgehead atoms. The number of hydrogen-bond acceptors (Lipinski definition) is 7. The summed E-state index contributed by atoms with van der Waals surface area (Å²) in [4.78, 5) is 33.3. The van der Waals surface area contributed by atoms with Gasteiger partial charge in [-0.15, -0.1) is 0 Å². The van der Waals surface area contributed by atoms with Gasteiger partial charge in [-0.2, -0.15) is 5.26 Å². The number of piperidine rings is 2. The van der Waals surface area contributed by atoms with Gasteiger partial charge in [0.05, 0.1) is 24.5 Å². The average molecular weight is 761 g/mol. The number of nitriles is 1. The van der Waals surface area contributed by atoms with Crippen molar-refractivity contribution < 1.29 is 27.5 Å². The lowest BCUT2D eigenvalue weighted by atomic mass is 9.59. The van der Waals surface area contributed by atoms with Crippen molar-refractivity contribution in [1.29, 1.82) is 5.26 Å². The van der Waals surface area contributed by atoms with Crippen molar-refractivity contribution >= 4 is 17.7 Å². The highest BCUT2D eigenvalue weighted by Crippen LogP contribution is 2.50. The van der Waals surface area contributed by atoms with Gasteiger partial charge in [-0.3, -0.25) is 9.69 Å². The molecular formula is C43H55F3N6O3. The molecule has 4 saturated heterocycles. The number of carbonyl (C=O) groups is 2. The van der Waals surface area contributed by atoms with Gasteiger partial charge in [-0.05, 0) is 100 Å². The van der Waals surface area contributed by atoms with E-state index in [1.807, 2.05) is 12.1 Å². The van der Waals surface area contributed by atoms with Crippen LogP contribution in [0.15, 0.2) is 60.7 Å². The van der Waals surface area contributed by atoms with Crippen LogP contribution in [0.4, 0.5) is 23.7 Å². The number of carbonyl (C=O) groups excluding carboxylic acids is 2. The number of alkyl carbamates (subject to hydrolysis) is 1. The predicted octanol–water partition coefficient (Wildman–Crippen LogP) is 6.55. The Morgan fingerprint density at radius 2 is 1.62 bits per heavy atom. The van der Waals surface area contributed by atoms with Gasteiger partial charge < -0.3 is 24.8 Å². The molecular weight excluding hydrogens is 706 g/mol. The van der Waals surface area contributed by atoms with Gasteiger partial charge in [-0.25, -0.2) is 18.0 Å². The normalized spacial score (nSPS) is 24.6. The van der Waals surface area contributed by atoms with Crippen LogP contribution in [0.1, 0.15) is 62.5 Å². The fourth-order valence-corrected chi connectivity index (χ4v) is 10.0. The summed E-state index contributed by atoms with van der Waals surface area (Å²) in [5.74, 6) is -4.17. The molecule has 1 aliphatic carbocycles. The highest BCUT2D eigenvalue weighted by Gasteiger charge is 2.53. The monoisotopic (exact) mass is 760 g/mol. The Kier molecular flexibility index (Phi) is 12.1. The van der Waals surface area contributed by atoms with Crippen molar-refractivity contribution in [3.8, 4) is 6.07 Å². The second kappa shape index (κ2) is 17.0. The zero-order chi connectivity index (χ0) is 38.6. The summed E-state index contributed by atoms with van der Waals surface area (Å²) in [6.07, 6.45) is 10.5. The van der Waals surface area contributed by atoms with Crippen LogP contribution < -0.4 is 10.2 Å². The maximum Gasteiger partial charge on any atom is 0.407 e. The first-order valence-electron chi connectivity index (χ1n) is 20.3. The first-order valence-corrected chi connectivity index (χ1v) is 20.3. The summed E-state index contributed by atoms with van der Waals surface area (Å²) in [5.41, 5.74) is 0.669. The lowest BCUT2D eigenvalue weighted by molar-refractivity contribution is -0.151. The Labute approximate surface area is 323 Å². The number of alkyl halides is 2. The van der Waals surface area contributed by atoms with Crippen LogP contribution in [-0.4, -0.2) is 105 Å². The Bertz CT molecular complexity index is 1710. The van der Waals surface area contributed by atoms with E-state index in [1.54, 1.807) is 18.2 Å². The first kappa shape index (κ1) is 39.2. The smallest absolute Gasteiger partial charge is 0.407 e. The van der Waals surface area contributed by atoms with Crippen LogP contribution in [-0.2, 0) is 20.9 Å². The number of anilines is 1. The zero-order valence-corrected chi connectivity index (χ0v) is 32.0. The third kappa shape index (κ3) is 8.39. The van der Waals surface area contributed by atoms with Crippen molar-refractivity contribution in [3.63, 3.8) is 0 Å². The molecule has 2 aromatic rings. The maximum absolute atomic E-state index is 15.5. The predicted molar refractivity (Wildman–Crippen MR) is 205 cm³/mol. The summed E-state index contributed by atoms with van der Waals surface area (Å²) in [5, 5.41) is 13.9. The molecule has 0 unspecified atom stereocenters. The minimum absolute atomic E-state index is 0.00443. The lowest BCUT2D eigenvalue weighted by Gasteiger charge is -2.48. The Balaban J connectivity index is 0.887. The van der Waals surface area contributed by atoms with E-state index in [-0.39, 0.29) is 48.3 Å². The minimum atomic E-state index is -3.01. The average Bonchev–Trinajstić information content (AvgIpc) is 3.62. The quantitative estimate of drug-likeness (QED) is 0.246. The molecule has 9 nitrogen and oxygen atoms in total. The third-order valence-electron chi connectivity index (χ3n) is 13.2. The van der Waals surface area contributed by atoms with E-state index in [1.165, 1.54) is 61.6 Å². The molecule has 1 saturated carbocycles. The van der Waals surface area contributed by atoms with E-state index >= 15 is 8.78 Å². The van der Waals surface area contributed by atoms with Crippen LogP contribution in [0.5, 0.6) is 0 Å². The number of halogens is 3. The van der Waals surface area contributed by atoms with Gasteiger partial charge in [0.1, 0.15) is 5.82 Å². The first-order chi connectivity index (χ1) is 26.6. The summed E-state index contributed by atoms with van der Waals surface area (Å²) >= 11 is 0. The standard InChI is InChI=1S/C43H55F3N6O3/c1-55-41(54)48-39-11-6-10-38(39)42(30-47,34-8-5-9-36(44)24-34)32-17-22-50(23-18-32)25-31-26-51(27-31)37-15-13-33(14-16-37)43(45,46)35-28-52(29-35)40(53)12-7-21-49-19-3-2-4-20-49/h5,7-9,12-16,24,31-32,35,38-39H,2-4,6,10-11,17-23,25-29H2,1H3,(H,48,54)/b12-7+/t38-,39-,42-/m0/s1. The molecule has 3 atom stereocenters. The number of ether oxygens (including phenoxy) is 1. The van der Waals surface area contributed by atoms with Crippen molar-refractivity contribution in [1.82, 2.24) is 20.0 Å². The lowest BCUT2D eigenvalue weighted by Crippen LogP contribution is -2.55. The summed E-state index contributed by atoms with van der Waals surface area (Å²) < 4.78 is 50.4. The fourth-order valence-electron chi connectivity index (χ4n) is 10.0. The number of hydrogen-bond donors (Lipinski definition) is 1. The van der Waals surface area contributed by atoms with E-state index in [2.05, 4.69) is 26.1 Å². The number of nitrogens with one attached hydrogen (secondary N) is 1.